The van der Waals surface area contributed by atoms with Crippen molar-refractivity contribution in [2.75, 3.05) is 12.4 Å². The molecule has 1 heterocycles. The minimum atomic E-state index is -0.271. The molecule has 29 heavy (non-hydrogen) atoms. The molecule has 4 aromatic rings. The largest absolute Gasteiger partial charge is 0.495 e. The molecule has 0 saturated carbocycles. The van der Waals surface area contributed by atoms with Crippen molar-refractivity contribution in [2.45, 2.75) is 13.8 Å². The van der Waals surface area contributed by atoms with Crippen molar-refractivity contribution in [1.29, 1.82) is 0 Å². The van der Waals surface area contributed by atoms with Gasteiger partial charge in [0, 0.05) is 16.8 Å². The normalized spacial score (nSPS) is 10.9. The van der Waals surface area contributed by atoms with Crippen LogP contribution >= 0.6 is 11.6 Å². The van der Waals surface area contributed by atoms with Crippen molar-refractivity contribution in [3.05, 3.63) is 76.3 Å². The molecule has 0 unspecified atom stereocenters. The molecule has 5 nitrogen and oxygen atoms in total. The van der Waals surface area contributed by atoms with Gasteiger partial charge in [0.2, 0.25) is 5.89 Å². The molecule has 0 radical (unpaired) electrons. The molecule has 4 rings (SSSR count). The fraction of sp³-hybridized carbons (Fsp3) is 0.130. The number of carbonyl (C=O) groups is 1. The number of fused-ring (bicyclic) bond motifs is 1. The third kappa shape index (κ3) is 3.96. The smallest absolute Gasteiger partial charge is 0.255 e. The third-order valence-electron chi connectivity index (χ3n) is 4.53. The molecule has 1 aromatic heterocycles. The zero-order chi connectivity index (χ0) is 20.5. The van der Waals surface area contributed by atoms with Crippen molar-refractivity contribution in [2.24, 2.45) is 0 Å². The van der Waals surface area contributed by atoms with Gasteiger partial charge < -0.3 is 14.5 Å². The van der Waals surface area contributed by atoms with E-state index in [2.05, 4.69) is 16.4 Å². The molecule has 0 fully saturated rings. The van der Waals surface area contributed by atoms with E-state index < -0.39 is 0 Å². The molecule has 146 valence electrons. The van der Waals surface area contributed by atoms with Gasteiger partial charge in [-0.2, -0.15) is 0 Å². The average molecular weight is 407 g/mol. The Bertz CT molecular complexity index is 1210. The molecule has 1 amide bonds. The zero-order valence-electron chi connectivity index (χ0n) is 16.2. The van der Waals surface area contributed by atoms with Crippen LogP contribution in [0, 0.1) is 13.8 Å². The number of nitrogens with zero attached hydrogens (tertiary/aromatic N) is 1. The summed E-state index contributed by atoms with van der Waals surface area (Å²) in [6, 6.07) is 16.4. The summed E-state index contributed by atoms with van der Waals surface area (Å²) in [5, 5.41) is 3.24. The van der Waals surface area contributed by atoms with E-state index in [9.17, 15) is 4.79 Å². The summed E-state index contributed by atoms with van der Waals surface area (Å²) in [5.41, 5.74) is 5.61. The number of amides is 1. The first kappa shape index (κ1) is 19.0. The molecule has 1 N–H and O–H groups in total. The first-order chi connectivity index (χ1) is 13.9. The molecule has 3 aromatic carbocycles. The maximum absolute atomic E-state index is 12.5. The lowest BCUT2D eigenvalue weighted by Crippen LogP contribution is -2.11. The van der Waals surface area contributed by atoms with Crippen LogP contribution in [0.5, 0.6) is 5.75 Å². The second-order valence-corrected chi connectivity index (χ2v) is 7.29. The second kappa shape index (κ2) is 7.60. The van der Waals surface area contributed by atoms with E-state index in [4.69, 9.17) is 20.8 Å². The van der Waals surface area contributed by atoms with Crippen LogP contribution in [-0.4, -0.2) is 18.0 Å². The highest BCUT2D eigenvalue weighted by Gasteiger charge is 2.13. The third-order valence-corrected chi connectivity index (χ3v) is 4.82. The lowest BCUT2D eigenvalue weighted by atomic mass is 10.1. The number of aromatic nitrogens is 1. The van der Waals surface area contributed by atoms with Crippen molar-refractivity contribution in [1.82, 2.24) is 4.98 Å². The number of benzene rings is 3. The summed E-state index contributed by atoms with van der Waals surface area (Å²) >= 11 is 6.11. The number of hydrogen-bond donors (Lipinski definition) is 1. The average Bonchev–Trinajstić information content (AvgIpc) is 3.10. The van der Waals surface area contributed by atoms with Gasteiger partial charge >= 0.3 is 0 Å². The maximum Gasteiger partial charge on any atom is 0.255 e. The molecule has 0 aliphatic carbocycles. The first-order valence-electron chi connectivity index (χ1n) is 9.07. The van der Waals surface area contributed by atoms with E-state index in [0.717, 1.165) is 16.7 Å². The predicted molar refractivity (Wildman–Crippen MR) is 115 cm³/mol. The van der Waals surface area contributed by atoms with Crippen LogP contribution in [0.2, 0.25) is 5.02 Å². The van der Waals surface area contributed by atoms with Crippen molar-refractivity contribution < 1.29 is 13.9 Å². The summed E-state index contributed by atoms with van der Waals surface area (Å²) in [4.78, 5) is 17.1. The number of rotatable bonds is 4. The van der Waals surface area contributed by atoms with E-state index in [1.54, 1.807) is 36.4 Å². The molecule has 0 aliphatic heterocycles. The SMILES string of the molecule is COc1ccc(C(=O)Nc2ccc3oc(-c4cc(C)cc(C)c4)nc3c2)cc1Cl. The summed E-state index contributed by atoms with van der Waals surface area (Å²) in [6.45, 7) is 4.08. The fourth-order valence-corrected chi connectivity index (χ4v) is 3.50. The number of anilines is 1. The van der Waals surface area contributed by atoms with Gasteiger partial charge in [-0.15, -0.1) is 0 Å². The highest BCUT2D eigenvalue weighted by Crippen LogP contribution is 2.28. The summed E-state index contributed by atoms with van der Waals surface area (Å²) < 4.78 is 11.0. The minimum Gasteiger partial charge on any atom is -0.495 e. The Kier molecular flexibility index (Phi) is 4.99. The maximum atomic E-state index is 12.5. The summed E-state index contributed by atoms with van der Waals surface area (Å²) in [5.74, 6) is 0.801. The zero-order valence-corrected chi connectivity index (χ0v) is 17.0. The Morgan fingerprint density at radius 3 is 2.48 bits per heavy atom. The van der Waals surface area contributed by atoms with Crippen LogP contribution in [-0.2, 0) is 0 Å². The van der Waals surface area contributed by atoms with Gasteiger partial charge in [-0.3, -0.25) is 4.79 Å². The van der Waals surface area contributed by atoms with E-state index in [-0.39, 0.29) is 5.91 Å². The lowest BCUT2D eigenvalue weighted by molar-refractivity contribution is 0.102. The van der Waals surface area contributed by atoms with Crippen LogP contribution in [0.4, 0.5) is 5.69 Å². The summed E-state index contributed by atoms with van der Waals surface area (Å²) in [7, 11) is 1.53. The van der Waals surface area contributed by atoms with Crippen molar-refractivity contribution >= 4 is 34.3 Å². The number of ether oxygens (including phenoxy) is 1. The molecule has 0 saturated heterocycles. The number of carbonyl (C=O) groups excluding carboxylic acids is 1. The Hall–Kier alpha value is -3.31. The van der Waals surface area contributed by atoms with Crippen LogP contribution in [0.1, 0.15) is 21.5 Å². The Morgan fingerprint density at radius 1 is 1.03 bits per heavy atom. The molecule has 6 heteroatoms. The second-order valence-electron chi connectivity index (χ2n) is 6.88. The standard InChI is InChI=1S/C23H19ClN2O3/c1-13-8-14(2)10-16(9-13)23-26-19-12-17(5-7-21(19)29-23)25-22(27)15-4-6-20(28-3)18(24)11-15/h4-12H,1-3H3,(H,25,27). The molecule has 0 bridgehead atoms. The van der Waals surface area contributed by atoms with E-state index >= 15 is 0 Å². The van der Waals surface area contributed by atoms with Crippen LogP contribution < -0.4 is 10.1 Å². The van der Waals surface area contributed by atoms with Crippen LogP contribution in [0.3, 0.4) is 0 Å². The minimum absolute atomic E-state index is 0.271. The van der Waals surface area contributed by atoms with Crippen molar-refractivity contribution in [3.8, 4) is 17.2 Å². The Morgan fingerprint density at radius 2 is 1.79 bits per heavy atom. The lowest BCUT2D eigenvalue weighted by Gasteiger charge is -2.07. The van der Waals surface area contributed by atoms with Gasteiger partial charge in [0.05, 0.1) is 12.1 Å². The van der Waals surface area contributed by atoms with E-state index in [1.165, 1.54) is 7.11 Å². The topological polar surface area (TPSA) is 64.4 Å². The number of halogens is 1. The van der Waals surface area contributed by atoms with Crippen LogP contribution in [0.25, 0.3) is 22.6 Å². The Labute approximate surface area is 173 Å². The van der Waals surface area contributed by atoms with Gasteiger partial charge in [0.15, 0.2) is 5.58 Å². The van der Waals surface area contributed by atoms with Gasteiger partial charge in [-0.05, 0) is 62.4 Å². The first-order valence-corrected chi connectivity index (χ1v) is 9.45. The van der Waals surface area contributed by atoms with Crippen molar-refractivity contribution in [3.63, 3.8) is 0 Å². The molecule has 0 atom stereocenters. The quantitative estimate of drug-likeness (QED) is 0.449. The van der Waals surface area contributed by atoms with Gasteiger partial charge in [-0.25, -0.2) is 4.98 Å². The highest BCUT2D eigenvalue weighted by atomic mass is 35.5. The number of hydrogen-bond acceptors (Lipinski definition) is 4. The number of aryl methyl sites for hydroxylation is 2. The van der Waals surface area contributed by atoms with Gasteiger partial charge in [0.1, 0.15) is 11.3 Å². The highest BCUT2D eigenvalue weighted by molar-refractivity contribution is 6.32. The van der Waals surface area contributed by atoms with Crippen LogP contribution in [0.15, 0.2) is 59.0 Å². The number of nitrogens with one attached hydrogen (secondary N) is 1. The molecule has 0 spiro atoms. The monoisotopic (exact) mass is 406 g/mol. The molecule has 0 aliphatic rings. The van der Waals surface area contributed by atoms with Gasteiger partial charge in [0.25, 0.3) is 5.91 Å². The van der Waals surface area contributed by atoms with E-state index in [0.29, 0.717) is 39.0 Å². The number of methoxy groups -OCH3 is 1. The fourth-order valence-electron chi connectivity index (χ4n) is 3.24. The predicted octanol–water partition coefficient (Wildman–Crippen LogP) is 6.03. The molecular formula is C23H19ClN2O3. The van der Waals surface area contributed by atoms with E-state index in [1.807, 2.05) is 26.0 Å². The summed E-state index contributed by atoms with van der Waals surface area (Å²) in [6.07, 6.45) is 0. The molecular weight excluding hydrogens is 388 g/mol. The Balaban J connectivity index is 1.60. The van der Waals surface area contributed by atoms with Gasteiger partial charge in [-0.1, -0.05) is 28.8 Å². The number of oxazole rings is 1.